The largest absolute Gasteiger partial charge is 0.345 e. The van der Waals surface area contributed by atoms with Crippen molar-refractivity contribution in [3.05, 3.63) is 29.1 Å². The summed E-state index contributed by atoms with van der Waals surface area (Å²) >= 11 is 0. The Morgan fingerprint density at radius 2 is 2.00 bits per heavy atom. The second kappa shape index (κ2) is 10.0. The normalized spacial score (nSPS) is 18.0. The molecule has 1 fully saturated rings. The fourth-order valence-corrected chi connectivity index (χ4v) is 3.89. The van der Waals surface area contributed by atoms with Crippen LogP contribution in [0.1, 0.15) is 56.6 Å². The number of benzene rings is 1. The van der Waals surface area contributed by atoms with E-state index < -0.39 is 11.9 Å². The fraction of sp³-hybridized carbons (Fsp3) is 0.600. The van der Waals surface area contributed by atoms with E-state index in [4.69, 9.17) is 0 Å². The Kier molecular flexibility index (Phi) is 8.05. The lowest BCUT2D eigenvalue weighted by Crippen LogP contribution is -2.42. The second-order valence-electron chi connectivity index (χ2n) is 7.48. The summed E-state index contributed by atoms with van der Waals surface area (Å²) in [6.45, 7) is 3.01. The first-order valence-electron chi connectivity index (χ1n) is 9.66. The van der Waals surface area contributed by atoms with Crippen LogP contribution in [-0.2, 0) is 22.6 Å². The minimum absolute atomic E-state index is 0. The standard InChI is InChI=1S/C20H28FN3O2.ClH/c1-13(23-18(25)11-14-5-3-2-4-6-14)20(26)24-17-8-7-15-12-22-10-9-16(15)19(17)21;/h7-8,13-14,22H,2-6,9-12H2,1H3,(H,23,25)(H,24,26);1H. The maximum Gasteiger partial charge on any atom is 0.246 e. The Hall–Kier alpha value is -1.66. The molecule has 0 spiro atoms. The zero-order valence-corrected chi connectivity index (χ0v) is 16.6. The highest BCUT2D eigenvalue weighted by atomic mass is 35.5. The van der Waals surface area contributed by atoms with Gasteiger partial charge in [0, 0.05) is 13.0 Å². The third-order valence-electron chi connectivity index (χ3n) is 5.43. The number of nitrogens with one attached hydrogen (secondary N) is 3. The molecule has 1 unspecified atom stereocenters. The molecule has 150 valence electrons. The van der Waals surface area contributed by atoms with Gasteiger partial charge in [0.05, 0.1) is 5.69 Å². The number of anilines is 1. The third-order valence-corrected chi connectivity index (χ3v) is 5.43. The first kappa shape index (κ1) is 21.6. The summed E-state index contributed by atoms with van der Waals surface area (Å²) in [6.07, 6.45) is 6.87. The molecule has 3 rings (SSSR count). The van der Waals surface area contributed by atoms with E-state index in [1.807, 2.05) is 6.07 Å². The van der Waals surface area contributed by atoms with Crippen molar-refractivity contribution < 1.29 is 14.0 Å². The van der Waals surface area contributed by atoms with Crippen LogP contribution in [0.4, 0.5) is 10.1 Å². The Labute approximate surface area is 166 Å². The third kappa shape index (κ3) is 5.66. The number of halogens is 2. The second-order valence-corrected chi connectivity index (χ2v) is 7.48. The minimum atomic E-state index is -0.691. The number of rotatable bonds is 5. The van der Waals surface area contributed by atoms with Crippen LogP contribution in [0.15, 0.2) is 12.1 Å². The van der Waals surface area contributed by atoms with Crippen molar-refractivity contribution in [3.8, 4) is 0 Å². The SMILES string of the molecule is CC(NC(=O)CC1CCCCC1)C(=O)Nc1ccc2c(c1F)CCNC2.Cl. The summed E-state index contributed by atoms with van der Waals surface area (Å²) in [5, 5.41) is 8.57. The molecule has 3 N–H and O–H groups in total. The molecule has 2 aliphatic rings. The van der Waals surface area contributed by atoms with E-state index in [1.165, 1.54) is 19.3 Å². The molecule has 1 aliphatic heterocycles. The van der Waals surface area contributed by atoms with Crippen LogP contribution in [0.2, 0.25) is 0 Å². The van der Waals surface area contributed by atoms with Crippen LogP contribution in [-0.4, -0.2) is 24.4 Å². The van der Waals surface area contributed by atoms with Gasteiger partial charge in [-0.1, -0.05) is 25.3 Å². The molecule has 0 saturated heterocycles. The quantitative estimate of drug-likeness (QED) is 0.713. The molecule has 1 aliphatic carbocycles. The van der Waals surface area contributed by atoms with Gasteiger partial charge in [0.25, 0.3) is 0 Å². The van der Waals surface area contributed by atoms with Gasteiger partial charge in [-0.25, -0.2) is 4.39 Å². The number of hydrogen-bond donors (Lipinski definition) is 3. The molecule has 1 atom stereocenters. The molecule has 1 aromatic rings. The van der Waals surface area contributed by atoms with Crippen molar-refractivity contribution in [2.24, 2.45) is 5.92 Å². The lowest BCUT2D eigenvalue weighted by molar-refractivity contribution is -0.127. The van der Waals surface area contributed by atoms with E-state index in [1.54, 1.807) is 13.0 Å². The summed E-state index contributed by atoms with van der Waals surface area (Å²) < 4.78 is 14.6. The highest BCUT2D eigenvalue weighted by molar-refractivity contribution is 5.97. The van der Waals surface area contributed by atoms with Gasteiger partial charge in [-0.15, -0.1) is 12.4 Å². The Morgan fingerprint density at radius 1 is 1.26 bits per heavy atom. The molecule has 0 radical (unpaired) electrons. The topological polar surface area (TPSA) is 70.2 Å². The molecule has 7 heteroatoms. The van der Waals surface area contributed by atoms with Crippen LogP contribution in [0, 0.1) is 11.7 Å². The van der Waals surface area contributed by atoms with Crippen LogP contribution < -0.4 is 16.0 Å². The van der Waals surface area contributed by atoms with Gasteiger partial charge in [0.1, 0.15) is 11.9 Å². The van der Waals surface area contributed by atoms with Crippen LogP contribution in [0.3, 0.4) is 0 Å². The maximum absolute atomic E-state index is 14.6. The van der Waals surface area contributed by atoms with Crippen molar-refractivity contribution >= 4 is 29.9 Å². The van der Waals surface area contributed by atoms with Gasteiger partial charge in [0.15, 0.2) is 0 Å². The van der Waals surface area contributed by atoms with Crippen molar-refractivity contribution in [1.82, 2.24) is 10.6 Å². The number of carbonyl (C=O) groups excluding carboxylic acids is 2. The first-order valence-corrected chi connectivity index (χ1v) is 9.66. The van der Waals surface area contributed by atoms with Crippen LogP contribution >= 0.6 is 12.4 Å². The van der Waals surface area contributed by atoms with E-state index in [9.17, 15) is 14.0 Å². The minimum Gasteiger partial charge on any atom is -0.345 e. The fourth-order valence-electron chi connectivity index (χ4n) is 3.89. The van der Waals surface area contributed by atoms with E-state index in [-0.39, 0.29) is 29.8 Å². The highest BCUT2D eigenvalue weighted by Gasteiger charge is 2.22. The lowest BCUT2D eigenvalue weighted by atomic mass is 9.87. The van der Waals surface area contributed by atoms with E-state index >= 15 is 0 Å². The van der Waals surface area contributed by atoms with E-state index in [0.29, 0.717) is 30.9 Å². The van der Waals surface area contributed by atoms with Crippen LogP contribution in [0.25, 0.3) is 0 Å². The molecule has 0 bridgehead atoms. The van der Waals surface area contributed by atoms with E-state index in [0.717, 1.165) is 24.9 Å². The predicted molar refractivity (Wildman–Crippen MR) is 106 cm³/mol. The maximum atomic E-state index is 14.6. The molecule has 0 aromatic heterocycles. The molecular formula is C20H29ClFN3O2. The Morgan fingerprint density at radius 3 is 2.74 bits per heavy atom. The predicted octanol–water partition coefficient (Wildman–Crippen LogP) is 3.31. The van der Waals surface area contributed by atoms with Gasteiger partial charge < -0.3 is 16.0 Å². The summed E-state index contributed by atoms with van der Waals surface area (Å²) in [4.78, 5) is 24.5. The molecular weight excluding hydrogens is 369 g/mol. The van der Waals surface area contributed by atoms with Crippen molar-refractivity contribution in [3.63, 3.8) is 0 Å². The molecule has 5 nitrogen and oxygen atoms in total. The van der Waals surface area contributed by atoms with E-state index in [2.05, 4.69) is 16.0 Å². The van der Waals surface area contributed by atoms with Crippen LogP contribution in [0.5, 0.6) is 0 Å². The van der Waals surface area contributed by atoms with Gasteiger partial charge in [0.2, 0.25) is 11.8 Å². The molecule has 1 aromatic carbocycles. The summed E-state index contributed by atoms with van der Waals surface area (Å²) in [5.41, 5.74) is 1.78. The average molecular weight is 398 g/mol. The summed E-state index contributed by atoms with van der Waals surface area (Å²) in [6, 6.07) is 2.74. The van der Waals surface area contributed by atoms with Crippen molar-refractivity contribution in [2.75, 3.05) is 11.9 Å². The highest BCUT2D eigenvalue weighted by Crippen LogP contribution is 2.26. The van der Waals surface area contributed by atoms with Gasteiger partial charge >= 0.3 is 0 Å². The monoisotopic (exact) mass is 397 g/mol. The molecule has 2 amide bonds. The van der Waals surface area contributed by atoms with Gasteiger partial charge in [-0.2, -0.15) is 0 Å². The first-order chi connectivity index (χ1) is 12.5. The van der Waals surface area contributed by atoms with Crippen molar-refractivity contribution in [2.45, 2.75) is 64.5 Å². The lowest BCUT2D eigenvalue weighted by Gasteiger charge is -2.22. The number of fused-ring (bicyclic) bond motifs is 1. The number of carbonyl (C=O) groups is 2. The summed E-state index contributed by atoms with van der Waals surface area (Å²) in [5.74, 6) is -0.435. The number of amides is 2. The summed E-state index contributed by atoms with van der Waals surface area (Å²) in [7, 11) is 0. The average Bonchev–Trinajstić information content (AvgIpc) is 2.65. The Balaban J connectivity index is 0.00000261. The smallest absolute Gasteiger partial charge is 0.246 e. The molecule has 1 heterocycles. The van der Waals surface area contributed by atoms with Gasteiger partial charge in [-0.05, 0) is 55.8 Å². The molecule has 27 heavy (non-hydrogen) atoms. The number of hydrogen-bond acceptors (Lipinski definition) is 3. The Bertz CT molecular complexity index is 677. The zero-order chi connectivity index (χ0) is 18.5. The zero-order valence-electron chi connectivity index (χ0n) is 15.8. The van der Waals surface area contributed by atoms with Gasteiger partial charge in [-0.3, -0.25) is 9.59 Å². The van der Waals surface area contributed by atoms with Crippen molar-refractivity contribution in [1.29, 1.82) is 0 Å². The molecule has 1 saturated carbocycles.